The van der Waals surface area contributed by atoms with Crippen molar-refractivity contribution in [3.8, 4) is 11.1 Å². The number of aryl methyl sites for hydroxylation is 2. The Balaban J connectivity index is 1.96. The molecule has 0 saturated carbocycles. The Labute approximate surface area is 149 Å². The summed E-state index contributed by atoms with van der Waals surface area (Å²) in [5, 5.41) is 2.78. The van der Waals surface area contributed by atoms with E-state index in [1.54, 1.807) is 0 Å². The van der Waals surface area contributed by atoms with E-state index in [4.69, 9.17) is 0 Å². The summed E-state index contributed by atoms with van der Waals surface area (Å²) >= 11 is 0. The maximum Gasteiger partial charge on any atom is 0.0284 e. The number of rotatable bonds is 0. The minimum Gasteiger partial charge on any atom is -0.0833 e. The lowest BCUT2D eigenvalue weighted by molar-refractivity contribution is 0.545. The van der Waals surface area contributed by atoms with Gasteiger partial charge in [-0.25, -0.2) is 0 Å². The van der Waals surface area contributed by atoms with Crippen molar-refractivity contribution in [2.75, 3.05) is 0 Å². The summed E-state index contributed by atoms with van der Waals surface area (Å²) < 4.78 is 0. The van der Waals surface area contributed by atoms with Crippen LogP contribution in [0.25, 0.3) is 21.9 Å². The fourth-order valence-corrected chi connectivity index (χ4v) is 4.86. The highest BCUT2D eigenvalue weighted by molar-refractivity contribution is 6.04. The molecule has 0 heteroatoms. The van der Waals surface area contributed by atoms with Crippen LogP contribution < -0.4 is 0 Å². The van der Waals surface area contributed by atoms with Crippen molar-refractivity contribution in [1.29, 1.82) is 0 Å². The molecule has 0 aromatic heterocycles. The molecule has 0 fully saturated rings. The van der Waals surface area contributed by atoms with Crippen LogP contribution in [0, 0.1) is 13.8 Å². The van der Waals surface area contributed by atoms with Gasteiger partial charge in [0.2, 0.25) is 0 Å². The fraction of sp³-hybridized carbons (Fsp3) is 0.200. The molecule has 5 rings (SSSR count). The quantitative estimate of drug-likeness (QED) is 0.436. The highest BCUT2D eigenvalue weighted by Crippen LogP contribution is 2.56. The van der Waals surface area contributed by atoms with Crippen LogP contribution in [0.15, 0.2) is 72.8 Å². The Morgan fingerprint density at radius 3 is 2.24 bits per heavy atom. The Morgan fingerprint density at radius 2 is 1.48 bits per heavy atom. The van der Waals surface area contributed by atoms with Crippen molar-refractivity contribution < 1.29 is 0 Å². The maximum absolute atomic E-state index is 2.46. The van der Waals surface area contributed by atoms with Crippen molar-refractivity contribution in [3.63, 3.8) is 0 Å². The number of allylic oxidation sites excluding steroid dienone is 4. The van der Waals surface area contributed by atoms with E-state index in [1.807, 2.05) is 0 Å². The van der Waals surface area contributed by atoms with Crippen LogP contribution in [0.2, 0.25) is 0 Å². The van der Waals surface area contributed by atoms with E-state index in [0.717, 1.165) is 12.8 Å². The third kappa shape index (κ3) is 1.94. The van der Waals surface area contributed by atoms with E-state index in [-0.39, 0.29) is 5.41 Å². The molecule has 1 spiro atoms. The molecule has 0 aliphatic heterocycles. The smallest absolute Gasteiger partial charge is 0.0284 e. The van der Waals surface area contributed by atoms with E-state index in [1.165, 1.54) is 44.2 Å². The molecule has 3 aromatic rings. The number of benzene rings is 3. The summed E-state index contributed by atoms with van der Waals surface area (Å²) in [6.07, 6.45) is 11.2. The molecule has 2 aliphatic rings. The first-order valence-electron chi connectivity index (χ1n) is 9.17. The summed E-state index contributed by atoms with van der Waals surface area (Å²) in [4.78, 5) is 0. The molecular formula is C25H22. The van der Waals surface area contributed by atoms with Crippen molar-refractivity contribution in [3.05, 3.63) is 95.1 Å². The summed E-state index contributed by atoms with van der Waals surface area (Å²) in [6, 6.07) is 18.4. The van der Waals surface area contributed by atoms with Crippen molar-refractivity contribution >= 4 is 10.8 Å². The minimum absolute atomic E-state index is 0.0784. The molecule has 0 heterocycles. The molecule has 0 radical (unpaired) electrons. The van der Waals surface area contributed by atoms with E-state index in [2.05, 4.69) is 86.7 Å². The van der Waals surface area contributed by atoms with Crippen molar-refractivity contribution in [1.82, 2.24) is 0 Å². The Bertz CT molecular complexity index is 1050. The highest BCUT2D eigenvalue weighted by Gasteiger charge is 2.42. The predicted molar refractivity (Wildman–Crippen MR) is 107 cm³/mol. The summed E-state index contributed by atoms with van der Waals surface area (Å²) in [5.74, 6) is 0. The van der Waals surface area contributed by atoms with Gasteiger partial charge >= 0.3 is 0 Å². The van der Waals surface area contributed by atoms with Gasteiger partial charge in [-0.1, -0.05) is 78.4 Å². The first-order valence-corrected chi connectivity index (χ1v) is 9.17. The normalized spacial score (nSPS) is 16.9. The van der Waals surface area contributed by atoms with Gasteiger partial charge in [0.25, 0.3) is 0 Å². The van der Waals surface area contributed by atoms with Gasteiger partial charge in [0.1, 0.15) is 0 Å². The molecule has 122 valence electrons. The van der Waals surface area contributed by atoms with Gasteiger partial charge in [-0.15, -0.1) is 0 Å². The van der Waals surface area contributed by atoms with E-state index < -0.39 is 0 Å². The Kier molecular flexibility index (Phi) is 3.06. The average molecular weight is 322 g/mol. The zero-order valence-electron chi connectivity index (χ0n) is 14.8. The van der Waals surface area contributed by atoms with Crippen molar-refractivity contribution in [2.45, 2.75) is 32.1 Å². The summed E-state index contributed by atoms with van der Waals surface area (Å²) in [5.41, 5.74) is 8.73. The first-order chi connectivity index (χ1) is 12.2. The SMILES string of the molecule is Cc1ccc2c(c1)C1(CC=CC=CC1)c1cc(C)c3ccccc3c1-2. The van der Waals surface area contributed by atoms with Gasteiger partial charge in [0.05, 0.1) is 0 Å². The minimum atomic E-state index is 0.0784. The standard InChI is InChI=1S/C25H22/c1-17-11-12-21-22(15-17)25(13-7-3-4-8-14-25)23-16-18(2)19-9-5-6-10-20(19)24(21)23/h3-12,15-16H,13-14H2,1-2H3. The van der Waals surface area contributed by atoms with Crippen LogP contribution >= 0.6 is 0 Å². The molecule has 0 bridgehead atoms. The van der Waals surface area contributed by atoms with Crippen LogP contribution in [0.1, 0.15) is 35.1 Å². The topological polar surface area (TPSA) is 0 Å². The Morgan fingerprint density at radius 1 is 0.760 bits per heavy atom. The summed E-state index contributed by atoms with van der Waals surface area (Å²) in [7, 11) is 0. The van der Waals surface area contributed by atoms with E-state index in [9.17, 15) is 0 Å². The zero-order valence-corrected chi connectivity index (χ0v) is 14.8. The molecule has 0 saturated heterocycles. The molecule has 0 N–H and O–H groups in total. The third-order valence-corrected chi connectivity index (χ3v) is 6.04. The second-order valence-electron chi connectivity index (χ2n) is 7.56. The lowest BCUT2D eigenvalue weighted by Crippen LogP contribution is -2.23. The van der Waals surface area contributed by atoms with Crippen LogP contribution in [-0.4, -0.2) is 0 Å². The molecule has 0 atom stereocenters. The lowest BCUT2D eigenvalue weighted by Gasteiger charge is -2.30. The van der Waals surface area contributed by atoms with Gasteiger partial charge in [0, 0.05) is 5.41 Å². The van der Waals surface area contributed by atoms with Gasteiger partial charge in [0.15, 0.2) is 0 Å². The van der Waals surface area contributed by atoms with Crippen LogP contribution in [0.3, 0.4) is 0 Å². The van der Waals surface area contributed by atoms with Crippen LogP contribution in [-0.2, 0) is 5.41 Å². The first kappa shape index (κ1) is 14.7. The monoisotopic (exact) mass is 322 g/mol. The average Bonchev–Trinajstić information content (AvgIpc) is 2.78. The molecule has 0 amide bonds. The fourth-order valence-electron chi connectivity index (χ4n) is 4.86. The predicted octanol–water partition coefficient (Wildman–Crippen LogP) is 6.63. The molecule has 0 unspecified atom stereocenters. The van der Waals surface area contributed by atoms with Gasteiger partial charge < -0.3 is 0 Å². The number of fused-ring (bicyclic) bond motifs is 7. The van der Waals surface area contributed by atoms with Crippen molar-refractivity contribution in [2.24, 2.45) is 0 Å². The molecule has 25 heavy (non-hydrogen) atoms. The Hall–Kier alpha value is -2.60. The number of hydrogen-bond acceptors (Lipinski definition) is 0. The second kappa shape index (κ2) is 5.20. The lowest BCUT2D eigenvalue weighted by atomic mass is 9.72. The molecule has 2 aliphatic carbocycles. The second-order valence-corrected chi connectivity index (χ2v) is 7.56. The highest BCUT2D eigenvalue weighted by atomic mass is 14.4. The third-order valence-electron chi connectivity index (χ3n) is 6.04. The summed E-state index contributed by atoms with van der Waals surface area (Å²) in [6.45, 7) is 4.47. The van der Waals surface area contributed by atoms with Gasteiger partial charge in [-0.3, -0.25) is 0 Å². The molecule has 3 aromatic carbocycles. The van der Waals surface area contributed by atoms with E-state index >= 15 is 0 Å². The van der Waals surface area contributed by atoms with E-state index in [0.29, 0.717) is 0 Å². The number of hydrogen-bond donors (Lipinski definition) is 0. The van der Waals surface area contributed by atoms with Gasteiger partial charge in [-0.2, -0.15) is 0 Å². The van der Waals surface area contributed by atoms with Crippen LogP contribution in [0.4, 0.5) is 0 Å². The molecular weight excluding hydrogens is 300 g/mol. The zero-order chi connectivity index (χ0) is 17.0. The maximum atomic E-state index is 2.46. The van der Waals surface area contributed by atoms with Gasteiger partial charge in [-0.05, 0) is 65.3 Å². The largest absolute Gasteiger partial charge is 0.0833 e. The molecule has 0 nitrogen and oxygen atoms in total. The van der Waals surface area contributed by atoms with Crippen LogP contribution in [0.5, 0.6) is 0 Å².